The van der Waals surface area contributed by atoms with Crippen molar-refractivity contribution in [2.24, 2.45) is 5.18 Å². The number of ether oxygens (including phenoxy) is 2. The van der Waals surface area contributed by atoms with Gasteiger partial charge in [-0.3, -0.25) is 0 Å². The topological polar surface area (TPSA) is 68.1 Å². The fourth-order valence-corrected chi connectivity index (χ4v) is 1.10. The number of nitroso groups, excluding NO2 is 1. The van der Waals surface area contributed by atoms with Crippen LogP contribution in [0.15, 0.2) is 5.18 Å². The predicted octanol–water partition coefficient (Wildman–Crippen LogP) is 0.265. The van der Waals surface area contributed by atoms with Gasteiger partial charge in [-0.2, -0.15) is 4.91 Å². The van der Waals surface area contributed by atoms with Crippen LogP contribution in [0.2, 0.25) is 0 Å². The van der Waals surface area contributed by atoms with Gasteiger partial charge in [0.05, 0.1) is 6.61 Å². The van der Waals surface area contributed by atoms with Gasteiger partial charge in [0.2, 0.25) is 0 Å². The highest BCUT2D eigenvalue weighted by Gasteiger charge is 2.36. The van der Waals surface area contributed by atoms with Crippen LogP contribution >= 0.6 is 0 Å². The van der Waals surface area contributed by atoms with Crippen molar-refractivity contribution in [3.8, 4) is 0 Å². The van der Waals surface area contributed by atoms with Crippen LogP contribution in [0.1, 0.15) is 13.8 Å². The smallest absolute Gasteiger partial charge is 0.163 e. The highest BCUT2D eigenvalue weighted by atomic mass is 16.7. The molecule has 0 spiro atoms. The van der Waals surface area contributed by atoms with Crippen molar-refractivity contribution in [1.82, 2.24) is 0 Å². The van der Waals surface area contributed by atoms with Crippen molar-refractivity contribution in [2.75, 3.05) is 13.2 Å². The molecule has 0 aromatic rings. The molecule has 1 rings (SSSR count). The van der Waals surface area contributed by atoms with Gasteiger partial charge < -0.3 is 14.6 Å². The van der Waals surface area contributed by atoms with Crippen molar-refractivity contribution < 1.29 is 14.6 Å². The molecule has 0 bridgehead atoms. The van der Waals surface area contributed by atoms with Crippen molar-refractivity contribution in [1.29, 1.82) is 0 Å². The molecule has 2 atom stereocenters. The zero-order chi connectivity index (χ0) is 9.19. The van der Waals surface area contributed by atoms with E-state index in [-0.39, 0.29) is 6.54 Å². The Bertz CT molecular complexity index is 171. The lowest BCUT2D eigenvalue weighted by Crippen LogP contribution is -2.32. The molecule has 0 radical (unpaired) electrons. The number of hydrogen-bond donors (Lipinski definition) is 1. The quantitative estimate of drug-likeness (QED) is 0.625. The molecule has 0 unspecified atom stereocenters. The van der Waals surface area contributed by atoms with E-state index in [4.69, 9.17) is 9.47 Å². The van der Waals surface area contributed by atoms with Crippen molar-refractivity contribution in [3.05, 3.63) is 4.91 Å². The van der Waals surface area contributed by atoms with Crippen molar-refractivity contribution in [3.63, 3.8) is 0 Å². The average molecular weight is 175 g/mol. The Morgan fingerprint density at radius 2 is 2.42 bits per heavy atom. The van der Waals surface area contributed by atoms with Gasteiger partial charge in [0.15, 0.2) is 5.79 Å². The molecular formula is C7H13NO4. The first-order chi connectivity index (χ1) is 5.55. The van der Waals surface area contributed by atoms with Gasteiger partial charge in [-0.25, -0.2) is 0 Å². The van der Waals surface area contributed by atoms with Crippen LogP contribution in [0.4, 0.5) is 0 Å². The molecule has 1 aliphatic heterocycles. The maximum absolute atomic E-state index is 9.83. The molecule has 5 nitrogen and oxygen atoms in total. The molecule has 0 aromatic heterocycles. The number of rotatable bonds is 3. The second-order valence-corrected chi connectivity index (χ2v) is 3.25. The monoisotopic (exact) mass is 175 g/mol. The van der Waals surface area contributed by atoms with E-state index >= 15 is 0 Å². The molecular weight excluding hydrogens is 162 g/mol. The summed E-state index contributed by atoms with van der Waals surface area (Å²) in [7, 11) is 0. The number of aliphatic hydroxyl groups is 1. The van der Waals surface area contributed by atoms with E-state index in [9.17, 15) is 10.0 Å². The maximum Gasteiger partial charge on any atom is 0.163 e. The molecule has 1 N–H and O–H groups in total. The van der Waals surface area contributed by atoms with E-state index in [1.54, 1.807) is 13.8 Å². The van der Waals surface area contributed by atoms with Gasteiger partial charge in [0, 0.05) is 0 Å². The number of hydrogen-bond acceptors (Lipinski definition) is 5. The van der Waals surface area contributed by atoms with E-state index in [1.807, 2.05) is 0 Å². The number of aliphatic hydroxyl groups excluding tert-OH is 1. The molecule has 1 fully saturated rings. The molecule has 0 amide bonds. The van der Waals surface area contributed by atoms with Gasteiger partial charge in [-0.15, -0.1) is 0 Å². The van der Waals surface area contributed by atoms with Crippen LogP contribution in [0.5, 0.6) is 0 Å². The lowest BCUT2D eigenvalue weighted by molar-refractivity contribution is -0.150. The molecule has 1 heterocycles. The summed E-state index contributed by atoms with van der Waals surface area (Å²) < 4.78 is 10.5. The summed E-state index contributed by atoms with van der Waals surface area (Å²) in [6.07, 6.45) is -1.29. The van der Waals surface area contributed by atoms with Crippen LogP contribution in [-0.4, -0.2) is 36.3 Å². The Kier molecular flexibility index (Phi) is 2.76. The van der Waals surface area contributed by atoms with Gasteiger partial charge in [-0.1, -0.05) is 5.18 Å². The van der Waals surface area contributed by atoms with Crippen LogP contribution in [0.3, 0.4) is 0 Å². The minimum absolute atomic E-state index is 0.149. The summed E-state index contributed by atoms with van der Waals surface area (Å²) in [6, 6.07) is 0. The molecule has 0 aromatic carbocycles. The summed E-state index contributed by atoms with van der Waals surface area (Å²) in [4.78, 5) is 9.83. The summed E-state index contributed by atoms with van der Waals surface area (Å²) in [5.74, 6) is -0.658. The van der Waals surface area contributed by atoms with Gasteiger partial charge in [-0.05, 0) is 13.8 Å². The van der Waals surface area contributed by atoms with Crippen LogP contribution in [0, 0.1) is 4.91 Å². The largest absolute Gasteiger partial charge is 0.388 e. The summed E-state index contributed by atoms with van der Waals surface area (Å²) >= 11 is 0. The van der Waals surface area contributed by atoms with Crippen LogP contribution < -0.4 is 0 Å². The Hall–Kier alpha value is -0.520. The fraction of sp³-hybridized carbons (Fsp3) is 1.00. The fourth-order valence-electron chi connectivity index (χ4n) is 1.10. The van der Waals surface area contributed by atoms with E-state index in [0.29, 0.717) is 6.61 Å². The first-order valence-electron chi connectivity index (χ1n) is 3.84. The molecule has 70 valence electrons. The first kappa shape index (κ1) is 9.57. The lowest BCUT2D eigenvalue weighted by atomic mass is 10.2. The molecule has 0 saturated carbocycles. The Balaban J connectivity index is 2.40. The van der Waals surface area contributed by atoms with Crippen LogP contribution in [-0.2, 0) is 9.47 Å². The Labute approximate surface area is 70.6 Å². The highest BCUT2D eigenvalue weighted by molar-refractivity contribution is 4.78. The zero-order valence-electron chi connectivity index (χ0n) is 7.19. The van der Waals surface area contributed by atoms with Gasteiger partial charge in [0.1, 0.15) is 18.8 Å². The minimum atomic E-state index is -0.857. The molecule has 5 heteroatoms. The normalized spacial score (nSPS) is 30.1. The van der Waals surface area contributed by atoms with E-state index in [0.717, 1.165) is 0 Å². The van der Waals surface area contributed by atoms with Crippen LogP contribution in [0.25, 0.3) is 0 Å². The third kappa shape index (κ3) is 2.23. The Morgan fingerprint density at radius 1 is 1.75 bits per heavy atom. The molecule has 1 saturated heterocycles. The van der Waals surface area contributed by atoms with Gasteiger partial charge >= 0.3 is 0 Å². The lowest BCUT2D eigenvalue weighted by Gasteiger charge is -2.18. The third-order valence-electron chi connectivity index (χ3n) is 1.72. The summed E-state index contributed by atoms with van der Waals surface area (Å²) in [6.45, 7) is 3.68. The average Bonchev–Trinajstić information content (AvgIpc) is 2.31. The second-order valence-electron chi connectivity index (χ2n) is 3.25. The van der Waals surface area contributed by atoms with E-state index < -0.39 is 18.0 Å². The molecule has 1 aliphatic rings. The highest BCUT2D eigenvalue weighted by Crippen LogP contribution is 2.24. The summed E-state index contributed by atoms with van der Waals surface area (Å²) in [5, 5.41) is 11.9. The molecule has 0 aliphatic carbocycles. The van der Waals surface area contributed by atoms with Crippen molar-refractivity contribution >= 4 is 0 Å². The first-order valence-corrected chi connectivity index (χ1v) is 3.84. The second kappa shape index (κ2) is 3.47. The SMILES string of the molecule is CC1(C)OC[C@H]([C@H](O)CN=O)O1. The van der Waals surface area contributed by atoms with E-state index in [1.165, 1.54) is 0 Å². The van der Waals surface area contributed by atoms with E-state index in [2.05, 4.69) is 5.18 Å². The number of nitrogens with zero attached hydrogens (tertiary/aromatic N) is 1. The Morgan fingerprint density at radius 3 is 2.83 bits per heavy atom. The predicted molar refractivity (Wildman–Crippen MR) is 41.6 cm³/mol. The van der Waals surface area contributed by atoms with Crippen molar-refractivity contribution in [2.45, 2.75) is 31.8 Å². The third-order valence-corrected chi connectivity index (χ3v) is 1.72. The summed E-state index contributed by atoms with van der Waals surface area (Å²) in [5.41, 5.74) is 0. The molecule has 12 heavy (non-hydrogen) atoms. The maximum atomic E-state index is 9.83. The van der Waals surface area contributed by atoms with Gasteiger partial charge in [0.25, 0.3) is 0 Å². The standard InChI is InChI=1S/C7H13NO4/c1-7(2)11-4-6(12-7)5(9)3-8-10/h5-6,9H,3-4H2,1-2H3/t5-,6-/m1/s1. The minimum Gasteiger partial charge on any atom is -0.388 e. The zero-order valence-corrected chi connectivity index (χ0v) is 7.19.